The second-order valence-electron chi connectivity index (χ2n) is 9.77. The van der Waals surface area contributed by atoms with E-state index in [1.165, 1.54) is 6.42 Å². The molecule has 2 saturated carbocycles. The van der Waals surface area contributed by atoms with Crippen LogP contribution in [-0.4, -0.2) is 43.3 Å². The normalized spacial score (nSPS) is 29.8. The molecule has 1 amide bonds. The second-order valence-corrected chi connectivity index (χ2v) is 9.77. The number of hydrogen-bond acceptors (Lipinski definition) is 6. The fraction of sp³-hybridized carbons (Fsp3) is 0.583. The number of fused-ring (bicyclic) bond motifs is 2. The van der Waals surface area contributed by atoms with E-state index < -0.39 is 17.5 Å². The first-order chi connectivity index (χ1) is 16.0. The summed E-state index contributed by atoms with van der Waals surface area (Å²) in [6.45, 7) is 4.88. The fourth-order valence-corrected chi connectivity index (χ4v) is 5.59. The van der Waals surface area contributed by atoms with Gasteiger partial charge in [0.15, 0.2) is 23.1 Å². The molecular weight excluding hydrogens is 432 g/mol. The predicted molar refractivity (Wildman–Crippen MR) is 115 cm³/mol. The Morgan fingerprint density at radius 3 is 2.42 bits per heavy atom. The van der Waals surface area contributed by atoms with Gasteiger partial charge in [-0.05, 0) is 31.1 Å². The Kier molecular flexibility index (Phi) is 5.05. The van der Waals surface area contributed by atoms with Gasteiger partial charge in [0.2, 0.25) is 0 Å². The number of nitrogens with one attached hydrogen (secondary N) is 1. The van der Waals surface area contributed by atoms with Crippen molar-refractivity contribution in [3.05, 3.63) is 35.2 Å². The van der Waals surface area contributed by atoms with E-state index in [1.807, 2.05) is 11.8 Å². The Balaban J connectivity index is 1.16. The summed E-state index contributed by atoms with van der Waals surface area (Å²) in [5.41, 5.74) is 0.142. The Bertz CT molecular complexity index is 1040. The minimum absolute atomic E-state index is 0.0103. The highest BCUT2D eigenvalue weighted by atomic mass is 19.1. The summed E-state index contributed by atoms with van der Waals surface area (Å²) in [6.07, 6.45) is 3.23. The van der Waals surface area contributed by atoms with E-state index in [0.717, 1.165) is 51.3 Å². The van der Waals surface area contributed by atoms with Crippen LogP contribution in [0.25, 0.3) is 0 Å². The quantitative estimate of drug-likeness (QED) is 0.703. The van der Waals surface area contributed by atoms with Crippen molar-refractivity contribution in [1.29, 1.82) is 0 Å². The van der Waals surface area contributed by atoms with Gasteiger partial charge in [0, 0.05) is 49.2 Å². The van der Waals surface area contributed by atoms with Crippen molar-refractivity contribution < 1.29 is 27.5 Å². The molecule has 4 atom stereocenters. The van der Waals surface area contributed by atoms with Crippen LogP contribution in [0.5, 0.6) is 5.75 Å². The lowest BCUT2D eigenvalue weighted by Gasteiger charge is -2.17. The molecule has 1 N–H and O–H groups in total. The van der Waals surface area contributed by atoms with E-state index in [4.69, 9.17) is 13.9 Å². The molecule has 6 rings (SSSR count). The molecule has 4 unspecified atom stereocenters. The number of carbonyl (C=O) groups is 1. The average molecular weight is 459 g/mol. The molecule has 7 nitrogen and oxygen atoms in total. The van der Waals surface area contributed by atoms with Gasteiger partial charge in [0.25, 0.3) is 11.9 Å². The van der Waals surface area contributed by atoms with Crippen LogP contribution >= 0.6 is 0 Å². The van der Waals surface area contributed by atoms with Gasteiger partial charge in [-0.2, -0.15) is 4.98 Å². The summed E-state index contributed by atoms with van der Waals surface area (Å²) in [4.78, 5) is 19.4. The summed E-state index contributed by atoms with van der Waals surface area (Å²) in [6, 6.07) is 2.57. The molecule has 2 aliphatic heterocycles. The summed E-state index contributed by atoms with van der Waals surface area (Å²) in [5.74, 6) is 0.0373. The molecule has 4 fully saturated rings. The molecule has 9 heteroatoms. The molecule has 33 heavy (non-hydrogen) atoms. The Hall–Kier alpha value is -2.68. The van der Waals surface area contributed by atoms with Crippen LogP contribution in [0.15, 0.2) is 16.5 Å². The van der Waals surface area contributed by atoms with Crippen LogP contribution in [0.4, 0.5) is 20.5 Å². The number of oxazole rings is 1. The zero-order valence-corrected chi connectivity index (χ0v) is 18.5. The molecule has 2 aliphatic carbocycles. The minimum atomic E-state index is -0.826. The third-order valence-corrected chi connectivity index (χ3v) is 7.47. The topological polar surface area (TPSA) is 76.8 Å². The predicted octanol–water partition coefficient (Wildman–Crippen LogP) is 4.03. The van der Waals surface area contributed by atoms with Gasteiger partial charge in [0.1, 0.15) is 5.76 Å². The summed E-state index contributed by atoms with van der Waals surface area (Å²) in [5, 5.41) is 2.56. The fourth-order valence-electron chi connectivity index (χ4n) is 5.59. The lowest BCUT2D eigenvalue weighted by molar-refractivity contribution is 0.102. The van der Waals surface area contributed by atoms with Crippen molar-refractivity contribution in [2.24, 2.45) is 23.7 Å². The number of aryl methyl sites for hydroxylation is 1. The van der Waals surface area contributed by atoms with Crippen LogP contribution in [0, 0.1) is 35.3 Å². The highest BCUT2D eigenvalue weighted by Gasteiger charge is 2.47. The lowest BCUT2D eigenvalue weighted by atomic mass is 10.0. The third-order valence-electron chi connectivity index (χ3n) is 7.47. The van der Waals surface area contributed by atoms with Gasteiger partial charge >= 0.3 is 0 Å². The van der Waals surface area contributed by atoms with Crippen LogP contribution in [-0.2, 0) is 11.2 Å². The SMILES string of the molecule is CCc1oc(N2CC3COCC3C2)nc1C(=O)Nc1cc(F)c(OC2CC3CC3C2)c(F)c1. The van der Waals surface area contributed by atoms with E-state index in [-0.39, 0.29) is 23.2 Å². The first-order valence-corrected chi connectivity index (χ1v) is 11.8. The maximum Gasteiger partial charge on any atom is 0.298 e. The third kappa shape index (κ3) is 3.86. The highest BCUT2D eigenvalue weighted by molar-refractivity contribution is 6.03. The zero-order chi connectivity index (χ0) is 22.7. The molecule has 2 aromatic rings. The zero-order valence-electron chi connectivity index (χ0n) is 18.5. The maximum atomic E-state index is 14.6. The summed E-state index contributed by atoms with van der Waals surface area (Å²) in [7, 11) is 0. The molecular formula is C24H27F2N3O4. The Labute approximate surface area is 190 Å². The standard InChI is InChI=1S/C24H27F2N3O4/c1-2-20-21(28-24(33-20)29-8-14-10-31-11-15(14)9-29)23(30)27-16-6-18(25)22(19(26)7-16)32-17-4-12-3-13(12)5-17/h6-7,12-15,17H,2-5,8-11H2,1H3,(H,27,30). The van der Waals surface area contributed by atoms with Crippen LogP contribution in [0.2, 0.25) is 0 Å². The summed E-state index contributed by atoms with van der Waals surface area (Å²) >= 11 is 0. The Morgan fingerprint density at radius 2 is 1.79 bits per heavy atom. The van der Waals surface area contributed by atoms with E-state index >= 15 is 0 Å². The van der Waals surface area contributed by atoms with E-state index in [2.05, 4.69) is 10.3 Å². The van der Waals surface area contributed by atoms with Crippen LogP contribution in [0.1, 0.15) is 42.4 Å². The number of carbonyl (C=O) groups excluding carboxylic acids is 1. The van der Waals surface area contributed by atoms with Crippen molar-refractivity contribution in [1.82, 2.24) is 4.98 Å². The first kappa shape index (κ1) is 20.9. The number of ether oxygens (including phenoxy) is 2. The molecule has 3 heterocycles. The number of hydrogen-bond donors (Lipinski definition) is 1. The van der Waals surface area contributed by atoms with Gasteiger partial charge in [-0.15, -0.1) is 0 Å². The van der Waals surface area contributed by atoms with Gasteiger partial charge in [-0.25, -0.2) is 8.78 Å². The first-order valence-electron chi connectivity index (χ1n) is 11.8. The number of rotatable bonds is 6. The number of nitrogens with zero attached hydrogens (tertiary/aromatic N) is 2. The average Bonchev–Trinajstić information content (AvgIpc) is 3.25. The Morgan fingerprint density at radius 1 is 1.12 bits per heavy atom. The number of amides is 1. The minimum Gasteiger partial charge on any atom is -0.484 e. The number of aromatic nitrogens is 1. The maximum absolute atomic E-state index is 14.6. The lowest BCUT2D eigenvalue weighted by Crippen LogP contribution is -2.22. The molecule has 176 valence electrons. The number of benzene rings is 1. The molecule has 0 bridgehead atoms. The van der Waals surface area contributed by atoms with Crippen molar-refractivity contribution in [3.8, 4) is 5.75 Å². The van der Waals surface area contributed by atoms with Gasteiger partial charge in [-0.1, -0.05) is 6.92 Å². The molecule has 1 aromatic carbocycles. The molecule has 0 radical (unpaired) electrons. The van der Waals surface area contributed by atoms with Gasteiger partial charge < -0.3 is 24.1 Å². The molecule has 0 spiro atoms. The molecule has 2 saturated heterocycles. The second kappa shape index (κ2) is 7.97. The van der Waals surface area contributed by atoms with E-state index in [1.54, 1.807) is 0 Å². The van der Waals surface area contributed by atoms with E-state index in [9.17, 15) is 13.6 Å². The van der Waals surface area contributed by atoms with Crippen molar-refractivity contribution in [2.75, 3.05) is 36.5 Å². The smallest absolute Gasteiger partial charge is 0.298 e. The van der Waals surface area contributed by atoms with Gasteiger partial charge in [0.05, 0.1) is 19.3 Å². The van der Waals surface area contributed by atoms with Crippen molar-refractivity contribution >= 4 is 17.6 Å². The molecule has 1 aromatic heterocycles. The molecule has 4 aliphatic rings. The summed E-state index contributed by atoms with van der Waals surface area (Å²) < 4.78 is 46.2. The highest BCUT2D eigenvalue weighted by Crippen LogP contribution is 2.52. The van der Waals surface area contributed by atoms with E-state index in [0.29, 0.717) is 41.9 Å². The van der Waals surface area contributed by atoms with Gasteiger partial charge in [-0.3, -0.25) is 4.79 Å². The number of anilines is 2. The monoisotopic (exact) mass is 459 g/mol. The number of halogens is 2. The van der Waals surface area contributed by atoms with Crippen molar-refractivity contribution in [2.45, 2.75) is 38.7 Å². The van der Waals surface area contributed by atoms with Crippen LogP contribution < -0.4 is 15.0 Å². The van der Waals surface area contributed by atoms with Crippen molar-refractivity contribution in [3.63, 3.8) is 0 Å². The van der Waals surface area contributed by atoms with Crippen LogP contribution in [0.3, 0.4) is 0 Å². The largest absolute Gasteiger partial charge is 0.484 e.